The van der Waals surface area contributed by atoms with E-state index in [0.29, 0.717) is 19.4 Å². The molecule has 0 atom stereocenters. The van der Waals surface area contributed by atoms with Gasteiger partial charge in [0.2, 0.25) is 5.92 Å². The summed E-state index contributed by atoms with van der Waals surface area (Å²) in [6, 6.07) is 6.11. The second-order valence-corrected chi connectivity index (χ2v) is 5.59. The number of benzene rings is 1. The third kappa shape index (κ3) is 2.28. The summed E-state index contributed by atoms with van der Waals surface area (Å²) in [4.78, 5) is 0. The Hall–Kier alpha value is -0.960. The quantitative estimate of drug-likeness (QED) is 0.854. The number of hydrogen-bond donors (Lipinski definition) is 1. The van der Waals surface area contributed by atoms with Crippen LogP contribution in [0.1, 0.15) is 42.4 Å². The minimum atomic E-state index is -2.50. The predicted molar refractivity (Wildman–Crippen MR) is 70.1 cm³/mol. The van der Waals surface area contributed by atoms with Crippen LogP contribution in [-0.4, -0.2) is 12.5 Å². The van der Waals surface area contributed by atoms with Gasteiger partial charge in [-0.15, -0.1) is 0 Å². The molecule has 1 nitrogen and oxygen atoms in total. The average Bonchev–Trinajstić information content (AvgIpc) is 2.34. The Balaban J connectivity index is 2.37. The van der Waals surface area contributed by atoms with Crippen molar-refractivity contribution in [1.29, 1.82) is 0 Å². The van der Waals surface area contributed by atoms with Crippen molar-refractivity contribution in [2.24, 2.45) is 5.73 Å². The molecular weight excluding hydrogens is 232 g/mol. The summed E-state index contributed by atoms with van der Waals surface area (Å²) in [7, 11) is 0. The smallest absolute Gasteiger partial charge is 0.248 e. The number of halogens is 2. The molecular formula is C15H21F2N. The highest BCUT2D eigenvalue weighted by Gasteiger charge is 2.44. The molecule has 1 aliphatic rings. The summed E-state index contributed by atoms with van der Waals surface area (Å²) in [6.07, 6.45) is 0.886. The van der Waals surface area contributed by atoms with Crippen LogP contribution in [0.3, 0.4) is 0 Å². The zero-order chi connectivity index (χ0) is 13.4. The lowest BCUT2D eigenvalue weighted by molar-refractivity contribution is -0.0509. The van der Waals surface area contributed by atoms with Crippen LogP contribution in [0, 0.1) is 13.8 Å². The minimum absolute atomic E-state index is 0.0441. The van der Waals surface area contributed by atoms with Crippen molar-refractivity contribution in [1.82, 2.24) is 0 Å². The van der Waals surface area contributed by atoms with Crippen LogP contribution in [0.15, 0.2) is 18.2 Å². The van der Waals surface area contributed by atoms with Crippen LogP contribution >= 0.6 is 0 Å². The van der Waals surface area contributed by atoms with Crippen molar-refractivity contribution in [2.75, 3.05) is 6.54 Å². The van der Waals surface area contributed by atoms with Crippen LogP contribution in [0.4, 0.5) is 8.78 Å². The molecule has 3 heteroatoms. The van der Waals surface area contributed by atoms with E-state index >= 15 is 0 Å². The SMILES string of the molecule is Cc1cccc(C2(CN)CCC(F)(F)CC2)c1C. The van der Waals surface area contributed by atoms with E-state index in [9.17, 15) is 8.78 Å². The van der Waals surface area contributed by atoms with Crippen molar-refractivity contribution < 1.29 is 8.78 Å². The highest BCUT2D eigenvalue weighted by molar-refractivity contribution is 5.39. The molecule has 1 aliphatic carbocycles. The van der Waals surface area contributed by atoms with Gasteiger partial charge in [-0.1, -0.05) is 18.2 Å². The normalized spacial score (nSPS) is 21.8. The van der Waals surface area contributed by atoms with Crippen molar-refractivity contribution in [2.45, 2.75) is 50.9 Å². The Kier molecular flexibility index (Phi) is 3.45. The summed E-state index contributed by atoms with van der Waals surface area (Å²) < 4.78 is 26.7. The lowest BCUT2D eigenvalue weighted by Crippen LogP contribution is -2.42. The monoisotopic (exact) mass is 253 g/mol. The Morgan fingerprint density at radius 1 is 1.11 bits per heavy atom. The zero-order valence-corrected chi connectivity index (χ0v) is 11.1. The van der Waals surface area contributed by atoms with E-state index in [4.69, 9.17) is 5.73 Å². The van der Waals surface area contributed by atoms with Gasteiger partial charge in [-0.3, -0.25) is 0 Å². The lowest BCUT2D eigenvalue weighted by atomic mass is 9.67. The van der Waals surface area contributed by atoms with Crippen molar-refractivity contribution in [3.63, 3.8) is 0 Å². The Morgan fingerprint density at radius 3 is 2.28 bits per heavy atom. The molecule has 100 valence electrons. The summed E-state index contributed by atoms with van der Waals surface area (Å²) in [6.45, 7) is 4.57. The van der Waals surface area contributed by atoms with Gasteiger partial charge in [0.15, 0.2) is 0 Å². The van der Waals surface area contributed by atoms with E-state index in [-0.39, 0.29) is 18.3 Å². The third-order valence-electron chi connectivity index (χ3n) is 4.51. The second-order valence-electron chi connectivity index (χ2n) is 5.59. The molecule has 0 unspecified atom stereocenters. The Morgan fingerprint density at radius 2 is 1.72 bits per heavy atom. The van der Waals surface area contributed by atoms with Crippen molar-refractivity contribution in [3.05, 3.63) is 34.9 Å². The molecule has 0 saturated heterocycles. The standard InChI is InChI=1S/C15H21F2N/c1-11-4-3-5-13(12(11)2)14(10-18)6-8-15(16,17)9-7-14/h3-5H,6-10,18H2,1-2H3. The van der Waals surface area contributed by atoms with Crippen LogP contribution < -0.4 is 5.73 Å². The van der Waals surface area contributed by atoms with E-state index in [2.05, 4.69) is 26.0 Å². The fourth-order valence-corrected chi connectivity index (χ4v) is 3.00. The zero-order valence-electron chi connectivity index (χ0n) is 11.1. The maximum Gasteiger partial charge on any atom is 0.248 e. The van der Waals surface area contributed by atoms with Gasteiger partial charge < -0.3 is 5.73 Å². The predicted octanol–water partition coefficient (Wildman–Crippen LogP) is 3.71. The summed E-state index contributed by atoms with van der Waals surface area (Å²) in [5.41, 5.74) is 9.26. The molecule has 0 spiro atoms. The number of rotatable bonds is 2. The molecule has 1 fully saturated rings. The Bertz CT molecular complexity index is 430. The molecule has 1 aromatic carbocycles. The summed E-state index contributed by atoms with van der Waals surface area (Å²) in [5, 5.41) is 0. The van der Waals surface area contributed by atoms with E-state index in [0.717, 1.165) is 0 Å². The van der Waals surface area contributed by atoms with E-state index in [1.807, 2.05) is 6.07 Å². The van der Waals surface area contributed by atoms with Crippen molar-refractivity contribution in [3.8, 4) is 0 Å². The van der Waals surface area contributed by atoms with Gasteiger partial charge in [0, 0.05) is 24.8 Å². The summed E-state index contributed by atoms with van der Waals surface area (Å²) in [5.74, 6) is -2.50. The van der Waals surface area contributed by atoms with Gasteiger partial charge >= 0.3 is 0 Å². The highest BCUT2D eigenvalue weighted by atomic mass is 19.3. The fourth-order valence-electron chi connectivity index (χ4n) is 3.00. The largest absolute Gasteiger partial charge is 0.330 e. The van der Waals surface area contributed by atoms with E-state index < -0.39 is 5.92 Å². The molecule has 0 radical (unpaired) electrons. The molecule has 1 saturated carbocycles. The number of alkyl halides is 2. The van der Waals surface area contributed by atoms with E-state index in [1.165, 1.54) is 16.7 Å². The molecule has 0 heterocycles. The minimum Gasteiger partial charge on any atom is -0.330 e. The molecule has 0 amide bonds. The molecule has 2 rings (SSSR count). The number of aryl methyl sites for hydroxylation is 1. The maximum atomic E-state index is 13.3. The van der Waals surface area contributed by atoms with Gasteiger partial charge in [0.25, 0.3) is 0 Å². The highest BCUT2D eigenvalue weighted by Crippen LogP contribution is 2.45. The summed E-state index contributed by atoms with van der Waals surface area (Å²) >= 11 is 0. The van der Waals surface area contributed by atoms with E-state index in [1.54, 1.807) is 0 Å². The van der Waals surface area contributed by atoms with Gasteiger partial charge in [0.1, 0.15) is 0 Å². The molecule has 0 bridgehead atoms. The number of nitrogens with two attached hydrogens (primary N) is 1. The second kappa shape index (κ2) is 4.61. The molecule has 0 aromatic heterocycles. The first-order chi connectivity index (χ1) is 8.40. The number of hydrogen-bond acceptors (Lipinski definition) is 1. The topological polar surface area (TPSA) is 26.0 Å². The van der Waals surface area contributed by atoms with Gasteiger partial charge in [-0.25, -0.2) is 8.78 Å². The first kappa shape index (κ1) is 13.5. The maximum absolute atomic E-state index is 13.3. The average molecular weight is 253 g/mol. The molecule has 0 aliphatic heterocycles. The first-order valence-electron chi connectivity index (χ1n) is 6.55. The van der Waals surface area contributed by atoms with Crippen molar-refractivity contribution >= 4 is 0 Å². The van der Waals surface area contributed by atoms with Gasteiger partial charge in [-0.05, 0) is 43.4 Å². The molecule has 18 heavy (non-hydrogen) atoms. The van der Waals surface area contributed by atoms with Crippen LogP contribution in [0.5, 0.6) is 0 Å². The Labute approximate surface area is 107 Å². The van der Waals surface area contributed by atoms with Crippen LogP contribution in [0.25, 0.3) is 0 Å². The van der Waals surface area contributed by atoms with Crippen LogP contribution in [-0.2, 0) is 5.41 Å². The molecule has 1 aromatic rings. The van der Waals surface area contributed by atoms with Gasteiger partial charge in [-0.2, -0.15) is 0 Å². The van der Waals surface area contributed by atoms with Crippen LogP contribution in [0.2, 0.25) is 0 Å². The third-order valence-corrected chi connectivity index (χ3v) is 4.51. The lowest BCUT2D eigenvalue weighted by Gasteiger charge is -2.41. The fraction of sp³-hybridized carbons (Fsp3) is 0.600. The molecule has 2 N–H and O–H groups in total. The van der Waals surface area contributed by atoms with Gasteiger partial charge in [0.05, 0.1) is 0 Å². The first-order valence-corrected chi connectivity index (χ1v) is 6.55.